The van der Waals surface area contributed by atoms with Gasteiger partial charge in [-0.25, -0.2) is 0 Å². The predicted molar refractivity (Wildman–Crippen MR) is 49.8 cm³/mol. The number of hydrogen-bond donors (Lipinski definition) is 1. The number of allylic oxidation sites excluding steroid dienone is 4. The molecule has 12 heavy (non-hydrogen) atoms. The molecule has 0 radical (unpaired) electrons. The van der Waals surface area contributed by atoms with Crippen molar-refractivity contribution in [3.63, 3.8) is 0 Å². The van der Waals surface area contributed by atoms with Crippen LogP contribution >= 0.6 is 0 Å². The highest BCUT2D eigenvalue weighted by molar-refractivity contribution is 5.64. The van der Waals surface area contributed by atoms with E-state index in [9.17, 15) is 9.90 Å². The SMILES string of the molecule is C/C=C/C=C/C(O)C/C=C/C=O. The van der Waals surface area contributed by atoms with Crippen molar-refractivity contribution in [1.82, 2.24) is 0 Å². The maximum Gasteiger partial charge on any atom is 0.142 e. The third-order valence-corrected chi connectivity index (χ3v) is 1.23. The minimum Gasteiger partial charge on any atom is -0.389 e. The number of aliphatic hydroxyl groups excluding tert-OH is 1. The summed E-state index contributed by atoms with van der Waals surface area (Å²) >= 11 is 0. The lowest BCUT2D eigenvalue weighted by Crippen LogP contribution is -1.98. The molecule has 0 fully saturated rings. The minimum absolute atomic E-state index is 0.479. The molecule has 0 spiro atoms. The Morgan fingerprint density at radius 1 is 1.33 bits per heavy atom. The average Bonchev–Trinajstić information content (AvgIpc) is 2.06. The van der Waals surface area contributed by atoms with E-state index < -0.39 is 6.10 Å². The zero-order chi connectivity index (χ0) is 9.23. The molecule has 0 aliphatic rings. The summed E-state index contributed by atoms with van der Waals surface area (Å²) in [5, 5.41) is 9.21. The molecule has 0 saturated carbocycles. The van der Waals surface area contributed by atoms with Crippen LogP contribution in [-0.2, 0) is 4.79 Å². The first-order valence-electron chi connectivity index (χ1n) is 3.89. The van der Waals surface area contributed by atoms with Gasteiger partial charge >= 0.3 is 0 Å². The van der Waals surface area contributed by atoms with Crippen molar-refractivity contribution < 1.29 is 9.90 Å². The van der Waals surface area contributed by atoms with Crippen LogP contribution in [0.15, 0.2) is 36.5 Å². The van der Waals surface area contributed by atoms with E-state index in [1.807, 2.05) is 19.1 Å². The van der Waals surface area contributed by atoms with Gasteiger partial charge in [0.25, 0.3) is 0 Å². The fraction of sp³-hybridized carbons (Fsp3) is 0.300. The molecule has 0 aromatic carbocycles. The Morgan fingerprint density at radius 2 is 2.08 bits per heavy atom. The van der Waals surface area contributed by atoms with Crippen molar-refractivity contribution in [2.75, 3.05) is 0 Å². The van der Waals surface area contributed by atoms with Gasteiger partial charge in [-0.2, -0.15) is 0 Å². The normalized spacial score (nSPS) is 14.8. The predicted octanol–water partition coefficient (Wildman–Crippen LogP) is 1.62. The molecule has 0 rings (SSSR count). The number of carbonyl (C=O) groups excluding carboxylic acids is 1. The summed E-state index contributed by atoms with van der Waals surface area (Å²) in [6.45, 7) is 1.91. The van der Waals surface area contributed by atoms with E-state index in [0.29, 0.717) is 12.7 Å². The van der Waals surface area contributed by atoms with Crippen LogP contribution in [0.5, 0.6) is 0 Å². The molecule has 0 amide bonds. The van der Waals surface area contributed by atoms with E-state index >= 15 is 0 Å². The van der Waals surface area contributed by atoms with Crippen LogP contribution in [0.1, 0.15) is 13.3 Å². The van der Waals surface area contributed by atoms with Crippen LogP contribution in [-0.4, -0.2) is 17.5 Å². The second-order valence-electron chi connectivity index (χ2n) is 2.28. The second kappa shape index (κ2) is 7.95. The van der Waals surface area contributed by atoms with Crippen LogP contribution < -0.4 is 0 Å². The van der Waals surface area contributed by atoms with Crippen molar-refractivity contribution in [3.05, 3.63) is 36.5 Å². The second-order valence-corrected chi connectivity index (χ2v) is 2.28. The van der Waals surface area contributed by atoms with E-state index in [2.05, 4.69) is 0 Å². The number of aliphatic hydroxyl groups is 1. The van der Waals surface area contributed by atoms with Gasteiger partial charge < -0.3 is 5.11 Å². The van der Waals surface area contributed by atoms with Gasteiger partial charge in [0.1, 0.15) is 6.29 Å². The zero-order valence-electron chi connectivity index (χ0n) is 7.18. The molecule has 0 saturated heterocycles. The average molecular weight is 166 g/mol. The maximum absolute atomic E-state index is 9.85. The van der Waals surface area contributed by atoms with Gasteiger partial charge in [0.2, 0.25) is 0 Å². The maximum atomic E-state index is 9.85. The van der Waals surface area contributed by atoms with Gasteiger partial charge in [0, 0.05) is 0 Å². The summed E-state index contributed by atoms with van der Waals surface area (Å²) in [5.74, 6) is 0. The molecular formula is C10H14O2. The van der Waals surface area contributed by atoms with Crippen LogP contribution in [0, 0.1) is 0 Å². The molecule has 1 unspecified atom stereocenters. The largest absolute Gasteiger partial charge is 0.389 e. The molecule has 0 aliphatic carbocycles. The number of aldehydes is 1. The van der Waals surface area contributed by atoms with Crippen LogP contribution in [0.2, 0.25) is 0 Å². The van der Waals surface area contributed by atoms with Crippen LogP contribution in [0.25, 0.3) is 0 Å². The van der Waals surface area contributed by atoms with E-state index in [0.717, 1.165) is 0 Å². The minimum atomic E-state index is -0.502. The van der Waals surface area contributed by atoms with Crippen molar-refractivity contribution in [3.8, 4) is 0 Å². The zero-order valence-corrected chi connectivity index (χ0v) is 7.18. The first-order valence-corrected chi connectivity index (χ1v) is 3.89. The Morgan fingerprint density at radius 3 is 2.67 bits per heavy atom. The van der Waals surface area contributed by atoms with Crippen molar-refractivity contribution in [1.29, 1.82) is 0 Å². The molecule has 0 heterocycles. The Kier molecular flexibility index (Phi) is 7.19. The quantitative estimate of drug-likeness (QED) is 0.383. The van der Waals surface area contributed by atoms with Crippen LogP contribution in [0.3, 0.4) is 0 Å². The van der Waals surface area contributed by atoms with Gasteiger partial charge in [-0.15, -0.1) is 0 Å². The third kappa shape index (κ3) is 6.96. The van der Waals surface area contributed by atoms with E-state index in [1.54, 1.807) is 18.2 Å². The number of hydrogen-bond acceptors (Lipinski definition) is 2. The molecule has 0 aliphatic heterocycles. The molecule has 0 bridgehead atoms. The van der Waals surface area contributed by atoms with Gasteiger partial charge in [0.15, 0.2) is 0 Å². The lowest BCUT2D eigenvalue weighted by atomic mass is 10.2. The van der Waals surface area contributed by atoms with Gasteiger partial charge in [-0.05, 0) is 19.4 Å². The van der Waals surface area contributed by atoms with Gasteiger partial charge in [-0.1, -0.05) is 30.4 Å². The summed E-state index contributed by atoms with van der Waals surface area (Å²) < 4.78 is 0. The molecule has 0 aromatic rings. The standard InChI is InChI=1S/C10H14O2/c1-2-3-4-7-10(12)8-5-6-9-11/h2-7,9-10,12H,8H2,1H3/b3-2+,6-5+,7-4+. The Bertz CT molecular complexity index is 190. The highest BCUT2D eigenvalue weighted by atomic mass is 16.3. The Labute approximate surface area is 72.9 Å². The van der Waals surface area contributed by atoms with Gasteiger partial charge in [0.05, 0.1) is 6.10 Å². The van der Waals surface area contributed by atoms with E-state index in [4.69, 9.17) is 0 Å². The lowest BCUT2D eigenvalue weighted by molar-refractivity contribution is -0.104. The van der Waals surface area contributed by atoms with E-state index in [-0.39, 0.29) is 0 Å². The molecule has 1 N–H and O–H groups in total. The van der Waals surface area contributed by atoms with Crippen LogP contribution in [0.4, 0.5) is 0 Å². The molecule has 66 valence electrons. The van der Waals surface area contributed by atoms with Crippen molar-refractivity contribution >= 4 is 6.29 Å². The van der Waals surface area contributed by atoms with Gasteiger partial charge in [-0.3, -0.25) is 4.79 Å². The monoisotopic (exact) mass is 166 g/mol. The summed E-state index contributed by atoms with van der Waals surface area (Å²) in [5.41, 5.74) is 0. The molecule has 0 aromatic heterocycles. The fourth-order valence-corrected chi connectivity index (χ4v) is 0.656. The summed E-state index contributed by atoms with van der Waals surface area (Å²) in [4.78, 5) is 9.85. The highest BCUT2D eigenvalue weighted by Crippen LogP contribution is 1.94. The molecule has 2 heteroatoms. The summed E-state index contributed by atoms with van der Waals surface area (Å²) in [7, 11) is 0. The number of rotatable bonds is 5. The smallest absolute Gasteiger partial charge is 0.142 e. The van der Waals surface area contributed by atoms with Crippen molar-refractivity contribution in [2.24, 2.45) is 0 Å². The highest BCUT2D eigenvalue weighted by Gasteiger charge is 1.92. The number of carbonyl (C=O) groups is 1. The fourth-order valence-electron chi connectivity index (χ4n) is 0.656. The Balaban J connectivity index is 3.65. The Hall–Kier alpha value is -1.15. The van der Waals surface area contributed by atoms with Crippen molar-refractivity contribution in [2.45, 2.75) is 19.4 Å². The first-order chi connectivity index (χ1) is 5.81. The molecular weight excluding hydrogens is 152 g/mol. The third-order valence-electron chi connectivity index (χ3n) is 1.23. The molecule has 1 atom stereocenters. The lowest BCUT2D eigenvalue weighted by Gasteiger charge is -1.97. The molecule has 2 nitrogen and oxygen atoms in total. The topological polar surface area (TPSA) is 37.3 Å². The summed E-state index contributed by atoms with van der Waals surface area (Å²) in [6, 6.07) is 0. The summed E-state index contributed by atoms with van der Waals surface area (Å²) in [6.07, 6.45) is 10.9. The van der Waals surface area contributed by atoms with E-state index in [1.165, 1.54) is 6.08 Å². The first kappa shape index (κ1) is 10.8.